The van der Waals surface area contributed by atoms with E-state index in [1.807, 2.05) is 0 Å². The molecule has 3 heteroatoms. The van der Waals surface area contributed by atoms with E-state index in [-0.39, 0.29) is 5.41 Å². The van der Waals surface area contributed by atoms with E-state index in [1.54, 1.807) is 0 Å². The minimum absolute atomic E-state index is 0.0901. The molecule has 0 bridgehead atoms. The Hall–Kier alpha value is -2.62. The third-order valence-corrected chi connectivity index (χ3v) is 8.09. The van der Waals surface area contributed by atoms with Crippen LogP contribution in [-0.4, -0.2) is 0 Å². The summed E-state index contributed by atoms with van der Waals surface area (Å²) in [5.74, 6) is 0. The monoisotopic (exact) mass is 615 g/mol. The van der Waals surface area contributed by atoms with Crippen LogP contribution in [0.4, 0.5) is 17.1 Å². The largest absolute Gasteiger partial charge is 0.310 e. The van der Waals surface area contributed by atoms with Gasteiger partial charge in [0.1, 0.15) is 0 Å². The maximum atomic E-state index is 4.27. The summed E-state index contributed by atoms with van der Waals surface area (Å²) in [5, 5.41) is 0. The summed E-state index contributed by atoms with van der Waals surface area (Å²) in [6.45, 7) is 15.6. The van der Waals surface area contributed by atoms with Crippen LogP contribution >= 0.6 is 31.9 Å². The molecule has 0 amide bonds. The Labute approximate surface area is 239 Å². The third kappa shape index (κ3) is 6.10. The molecule has 0 unspecified atom stereocenters. The zero-order valence-corrected chi connectivity index (χ0v) is 25.6. The number of benzene rings is 4. The predicted molar refractivity (Wildman–Crippen MR) is 169 cm³/mol. The molecule has 1 nitrogen and oxygen atoms in total. The van der Waals surface area contributed by atoms with Gasteiger partial charge in [0.25, 0.3) is 0 Å². The normalized spacial score (nSPS) is 11.4. The smallest absolute Gasteiger partial charge is 0.0464 e. The van der Waals surface area contributed by atoms with Crippen LogP contribution in [-0.2, 0) is 5.41 Å². The quantitative estimate of drug-likeness (QED) is 0.190. The second-order valence-electron chi connectivity index (χ2n) is 10.5. The highest BCUT2D eigenvalue weighted by atomic mass is 79.9. The fraction of sp³-hybridized carbons (Fsp3) is 0.235. The molecule has 0 aromatic heterocycles. The first kappa shape index (κ1) is 27.4. The van der Waals surface area contributed by atoms with Gasteiger partial charge in [-0.3, -0.25) is 0 Å². The Morgan fingerprint density at radius 3 is 1.81 bits per heavy atom. The first-order valence-corrected chi connectivity index (χ1v) is 14.4. The number of nitrogens with zero attached hydrogens (tertiary/aromatic N) is 1. The van der Waals surface area contributed by atoms with Gasteiger partial charge in [0.15, 0.2) is 0 Å². The van der Waals surface area contributed by atoms with Crippen LogP contribution in [0.2, 0.25) is 0 Å². The molecule has 190 valence electrons. The lowest BCUT2D eigenvalue weighted by molar-refractivity contribution is 0.472. The second-order valence-corrected chi connectivity index (χ2v) is 12.3. The Kier molecular flexibility index (Phi) is 8.46. The van der Waals surface area contributed by atoms with Crippen molar-refractivity contribution in [1.29, 1.82) is 0 Å². The molecule has 37 heavy (non-hydrogen) atoms. The van der Waals surface area contributed by atoms with Crippen molar-refractivity contribution in [2.24, 2.45) is 0 Å². The third-order valence-electron chi connectivity index (χ3n) is 7.03. The highest BCUT2D eigenvalue weighted by Crippen LogP contribution is 2.40. The molecule has 0 aliphatic rings. The van der Waals surface area contributed by atoms with E-state index in [1.165, 1.54) is 27.8 Å². The van der Waals surface area contributed by atoms with Crippen LogP contribution in [0.15, 0.2) is 100 Å². The van der Waals surface area contributed by atoms with Crippen LogP contribution in [0.5, 0.6) is 0 Å². The lowest BCUT2D eigenvalue weighted by Gasteiger charge is -2.29. The fourth-order valence-corrected chi connectivity index (χ4v) is 5.67. The number of halogens is 2. The van der Waals surface area contributed by atoms with Gasteiger partial charge in [-0.2, -0.15) is 0 Å². The van der Waals surface area contributed by atoms with E-state index in [2.05, 4.69) is 163 Å². The Bertz CT molecular complexity index is 1350. The zero-order chi connectivity index (χ0) is 26.7. The highest BCUT2D eigenvalue weighted by molar-refractivity contribution is 9.10. The molecular weight excluding hydrogens is 582 g/mol. The van der Waals surface area contributed by atoms with Gasteiger partial charge in [0.05, 0.1) is 0 Å². The van der Waals surface area contributed by atoms with Crippen LogP contribution < -0.4 is 4.90 Å². The fourth-order valence-electron chi connectivity index (χ4n) is 5.14. The van der Waals surface area contributed by atoms with Gasteiger partial charge in [-0.25, -0.2) is 0 Å². The first-order chi connectivity index (χ1) is 17.6. The van der Waals surface area contributed by atoms with Gasteiger partial charge in [-0.1, -0.05) is 89.4 Å². The molecule has 0 N–H and O–H groups in total. The van der Waals surface area contributed by atoms with Crippen molar-refractivity contribution in [2.45, 2.75) is 52.9 Å². The Morgan fingerprint density at radius 2 is 1.32 bits per heavy atom. The van der Waals surface area contributed by atoms with Crippen molar-refractivity contribution in [3.8, 4) is 11.1 Å². The molecule has 4 aromatic rings. The number of anilines is 3. The van der Waals surface area contributed by atoms with Crippen molar-refractivity contribution in [2.75, 3.05) is 4.90 Å². The SMILES string of the molecule is C=C(C)c1ccc(-c2ccc(N(c3ccc(Br)cc3)c3ccc(Br)cc3)cc2C)cc1C(C)(C)CCC. The Balaban J connectivity index is 1.81. The summed E-state index contributed by atoms with van der Waals surface area (Å²) in [4.78, 5) is 2.30. The molecule has 4 rings (SSSR count). The number of rotatable bonds is 8. The van der Waals surface area contributed by atoms with Crippen LogP contribution in [0.1, 0.15) is 57.2 Å². The summed E-state index contributed by atoms with van der Waals surface area (Å²) >= 11 is 7.15. The van der Waals surface area contributed by atoms with E-state index >= 15 is 0 Å². The van der Waals surface area contributed by atoms with E-state index < -0.39 is 0 Å². The lowest BCUT2D eigenvalue weighted by Crippen LogP contribution is -2.18. The summed E-state index contributed by atoms with van der Waals surface area (Å²) in [6.07, 6.45) is 2.30. The second kappa shape index (κ2) is 11.4. The van der Waals surface area contributed by atoms with Gasteiger partial charge in [-0.05, 0) is 120 Å². The minimum Gasteiger partial charge on any atom is -0.310 e. The van der Waals surface area contributed by atoms with Crippen molar-refractivity contribution >= 4 is 54.5 Å². The van der Waals surface area contributed by atoms with E-state index in [0.29, 0.717) is 0 Å². The van der Waals surface area contributed by atoms with Gasteiger partial charge < -0.3 is 4.90 Å². The average Bonchev–Trinajstić information content (AvgIpc) is 2.86. The molecule has 0 radical (unpaired) electrons. The Morgan fingerprint density at radius 1 is 0.784 bits per heavy atom. The van der Waals surface area contributed by atoms with Crippen molar-refractivity contribution in [3.05, 3.63) is 117 Å². The standard InChI is InChI=1S/C34H35Br2N/c1-7-20-34(5,6)33-22-25(8-18-31(33)23(2)3)32-19-17-30(21-24(32)4)37(28-13-9-26(35)10-14-28)29-15-11-27(36)12-16-29/h8-19,21-22H,2,7,20H2,1,3-6H3. The molecule has 0 atom stereocenters. The summed E-state index contributed by atoms with van der Waals surface area (Å²) in [5.41, 5.74) is 11.0. The number of aryl methyl sites for hydroxylation is 1. The molecule has 0 heterocycles. The lowest BCUT2D eigenvalue weighted by atomic mass is 9.76. The molecule has 0 saturated heterocycles. The maximum Gasteiger partial charge on any atom is 0.0464 e. The van der Waals surface area contributed by atoms with Gasteiger partial charge in [0.2, 0.25) is 0 Å². The summed E-state index contributed by atoms with van der Waals surface area (Å²) < 4.78 is 2.14. The number of hydrogen-bond acceptors (Lipinski definition) is 1. The molecule has 0 aliphatic heterocycles. The summed E-state index contributed by atoms with van der Waals surface area (Å²) in [7, 11) is 0. The predicted octanol–water partition coefficient (Wildman–Crippen LogP) is 11.8. The van der Waals surface area contributed by atoms with Gasteiger partial charge in [0, 0.05) is 26.0 Å². The highest BCUT2D eigenvalue weighted by Gasteiger charge is 2.24. The molecule has 0 spiro atoms. The summed E-state index contributed by atoms with van der Waals surface area (Å²) in [6, 6.07) is 30.6. The van der Waals surface area contributed by atoms with Gasteiger partial charge >= 0.3 is 0 Å². The van der Waals surface area contributed by atoms with Crippen LogP contribution in [0, 0.1) is 6.92 Å². The average molecular weight is 617 g/mol. The topological polar surface area (TPSA) is 3.24 Å². The first-order valence-electron chi connectivity index (χ1n) is 12.8. The van der Waals surface area contributed by atoms with Crippen molar-refractivity contribution < 1.29 is 0 Å². The van der Waals surface area contributed by atoms with E-state index in [9.17, 15) is 0 Å². The molecule has 0 aliphatic carbocycles. The van der Waals surface area contributed by atoms with Crippen molar-refractivity contribution in [1.82, 2.24) is 0 Å². The molecule has 0 saturated carbocycles. The number of allylic oxidation sites excluding steroid dienone is 1. The maximum absolute atomic E-state index is 4.27. The van der Waals surface area contributed by atoms with E-state index in [4.69, 9.17) is 0 Å². The zero-order valence-electron chi connectivity index (χ0n) is 22.4. The van der Waals surface area contributed by atoms with Crippen LogP contribution in [0.3, 0.4) is 0 Å². The van der Waals surface area contributed by atoms with Gasteiger partial charge in [-0.15, -0.1) is 0 Å². The van der Waals surface area contributed by atoms with Crippen molar-refractivity contribution in [3.63, 3.8) is 0 Å². The van der Waals surface area contributed by atoms with E-state index in [0.717, 1.165) is 44.4 Å². The minimum atomic E-state index is 0.0901. The number of hydrogen-bond donors (Lipinski definition) is 0. The molecule has 0 fully saturated rings. The van der Waals surface area contributed by atoms with Crippen LogP contribution in [0.25, 0.3) is 16.7 Å². The molecule has 4 aromatic carbocycles. The molecular formula is C34H35Br2N.